The minimum absolute atomic E-state index is 0.159. The molecule has 29 heavy (non-hydrogen) atoms. The lowest BCUT2D eigenvalue weighted by molar-refractivity contribution is 0.103. The Bertz CT molecular complexity index is 1250. The smallest absolute Gasteiger partial charge is 0.266 e. The Balaban J connectivity index is 1.53. The summed E-state index contributed by atoms with van der Waals surface area (Å²) in [6, 6.07) is 11.0. The molecule has 0 spiro atoms. The molecule has 0 radical (unpaired) electrons. The molecule has 0 aliphatic rings. The summed E-state index contributed by atoms with van der Waals surface area (Å²) < 4.78 is 7.19. The van der Waals surface area contributed by atoms with E-state index in [-0.39, 0.29) is 11.5 Å². The lowest BCUT2D eigenvalue weighted by atomic mass is 10.2. The normalized spacial score (nSPS) is 10.8. The summed E-state index contributed by atoms with van der Waals surface area (Å²) in [6.45, 7) is 2.15. The highest BCUT2D eigenvalue weighted by molar-refractivity contribution is 7.20. The van der Waals surface area contributed by atoms with Crippen LogP contribution in [0.2, 0.25) is 0 Å². The number of carbonyl (C=O) groups is 1. The number of fused-ring (bicyclic) bond motifs is 1. The number of rotatable bonds is 5. The summed E-state index contributed by atoms with van der Waals surface area (Å²) in [5.41, 5.74) is 2.04. The lowest BCUT2D eigenvalue weighted by Crippen LogP contribution is -2.17. The highest BCUT2D eigenvalue weighted by Crippen LogP contribution is 2.28. The predicted molar refractivity (Wildman–Crippen MR) is 113 cm³/mol. The lowest BCUT2D eigenvalue weighted by Gasteiger charge is -2.09. The van der Waals surface area contributed by atoms with Gasteiger partial charge in [-0.3, -0.25) is 14.6 Å². The van der Waals surface area contributed by atoms with Gasteiger partial charge >= 0.3 is 0 Å². The van der Waals surface area contributed by atoms with E-state index >= 15 is 0 Å². The fourth-order valence-corrected chi connectivity index (χ4v) is 3.96. The molecule has 1 N–H and O–H groups in total. The number of pyridine rings is 1. The molecule has 0 saturated carbocycles. The maximum absolute atomic E-state index is 12.8. The Morgan fingerprint density at radius 2 is 2.14 bits per heavy atom. The molecule has 0 unspecified atom stereocenters. The molecule has 4 aromatic rings. The van der Waals surface area contributed by atoms with Crippen LogP contribution in [0.4, 0.5) is 5.69 Å². The van der Waals surface area contributed by atoms with Gasteiger partial charge in [0.05, 0.1) is 16.6 Å². The number of thiophene rings is 1. The molecule has 0 fully saturated rings. The van der Waals surface area contributed by atoms with Crippen LogP contribution in [0, 0.1) is 6.92 Å². The molecular weight excluding hydrogens is 388 g/mol. The van der Waals surface area contributed by atoms with Gasteiger partial charge < -0.3 is 14.6 Å². The monoisotopic (exact) mass is 406 g/mol. The number of benzene rings is 1. The Kier molecular flexibility index (Phi) is 5.09. The van der Waals surface area contributed by atoms with Crippen molar-refractivity contribution in [1.29, 1.82) is 0 Å². The SMILES string of the molecule is Cc1c(C(=O)Nc2cccc(OCc3cccnc3)c2)sc2ncn(C)c(=O)c12. The molecule has 0 aliphatic heterocycles. The third kappa shape index (κ3) is 3.88. The second-order valence-corrected chi connectivity index (χ2v) is 7.53. The van der Waals surface area contributed by atoms with Crippen LogP contribution in [0.5, 0.6) is 5.75 Å². The summed E-state index contributed by atoms with van der Waals surface area (Å²) in [5, 5.41) is 3.36. The van der Waals surface area contributed by atoms with E-state index < -0.39 is 0 Å². The van der Waals surface area contributed by atoms with E-state index in [2.05, 4.69) is 15.3 Å². The van der Waals surface area contributed by atoms with Crippen LogP contribution >= 0.6 is 11.3 Å². The van der Waals surface area contributed by atoms with E-state index in [9.17, 15) is 9.59 Å². The minimum atomic E-state index is -0.281. The van der Waals surface area contributed by atoms with Crippen molar-refractivity contribution in [3.8, 4) is 5.75 Å². The molecule has 1 aromatic carbocycles. The summed E-state index contributed by atoms with van der Waals surface area (Å²) in [7, 11) is 1.64. The van der Waals surface area contributed by atoms with Crippen LogP contribution in [-0.4, -0.2) is 20.4 Å². The van der Waals surface area contributed by atoms with Gasteiger partial charge in [-0.2, -0.15) is 0 Å². The number of hydrogen-bond donors (Lipinski definition) is 1. The molecule has 0 saturated heterocycles. The van der Waals surface area contributed by atoms with E-state index in [0.717, 1.165) is 5.56 Å². The molecule has 3 heterocycles. The van der Waals surface area contributed by atoms with Gasteiger partial charge in [-0.25, -0.2) is 4.98 Å². The zero-order valence-corrected chi connectivity index (χ0v) is 16.7. The highest BCUT2D eigenvalue weighted by atomic mass is 32.1. The third-order valence-corrected chi connectivity index (χ3v) is 5.64. The highest BCUT2D eigenvalue weighted by Gasteiger charge is 2.19. The second-order valence-electron chi connectivity index (χ2n) is 6.53. The van der Waals surface area contributed by atoms with Crippen LogP contribution in [0.1, 0.15) is 20.8 Å². The average molecular weight is 406 g/mol. The van der Waals surface area contributed by atoms with Crippen LogP contribution < -0.4 is 15.6 Å². The van der Waals surface area contributed by atoms with Gasteiger partial charge in [-0.1, -0.05) is 12.1 Å². The quantitative estimate of drug-likeness (QED) is 0.548. The fraction of sp³-hybridized carbons (Fsp3) is 0.143. The first-order chi connectivity index (χ1) is 14.0. The summed E-state index contributed by atoms with van der Waals surface area (Å²) in [4.78, 5) is 34.5. The number of amides is 1. The second kappa shape index (κ2) is 7.84. The standard InChI is InChI=1S/C21H18N4O3S/c1-13-17-20(23-12-25(2)21(17)27)29-18(13)19(26)24-15-6-3-7-16(9-15)28-11-14-5-4-8-22-10-14/h3-10,12H,11H2,1-2H3,(H,24,26). The van der Waals surface area contributed by atoms with E-state index in [1.807, 2.05) is 24.3 Å². The number of nitrogens with zero attached hydrogens (tertiary/aromatic N) is 3. The largest absolute Gasteiger partial charge is 0.489 e. The average Bonchev–Trinajstić information content (AvgIpc) is 3.07. The molecule has 0 aliphatic carbocycles. The van der Waals surface area contributed by atoms with Crippen molar-refractivity contribution in [3.63, 3.8) is 0 Å². The summed E-state index contributed by atoms with van der Waals surface area (Å²) in [5.74, 6) is 0.354. The maximum atomic E-state index is 12.8. The first kappa shape index (κ1) is 18.8. The molecule has 0 atom stereocenters. The molecule has 146 valence electrons. The van der Waals surface area contributed by atoms with Crippen molar-refractivity contribution in [2.45, 2.75) is 13.5 Å². The summed E-state index contributed by atoms with van der Waals surface area (Å²) in [6.07, 6.45) is 4.92. The zero-order valence-electron chi connectivity index (χ0n) is 15.9. The zero-order chi connectivity index (χ0) is 20.4. The number of anilines is 1. The van der Waals surface area contributed by atoms with Crippen molar-refractivity contribution in [3.05, 3.63) is 81.5 Å². The molecule has 4 rings (SSSR count). The van der Waals surface area contributed by atoms with Crippen LogP contribution in [0.3, 0.4) is 0 Å². The Hall–Kier alpha value is -3.52. The Labute approximate surface area is 170 Å². The molecular formula is C21H18N4O3S. The van der Waals surface area contributed by atoms with Crippen molar-refractivity contribution in [2.75, 3.05) is 5.32 Å². The van der Waals surface area contributed by atoms with Gasteiger partial charge in [0.25, 0.3) is 11.5 Å². The number of aryl methyl sites for hydroxylation is 2. The van der Waals surface area contributed by atoms with Crippen molar-refractivity contribution in [1.82, 2.24) is 14.5 Å². The third-order valence-electron chi connectivity index (χ3n) is 4.44. The molecule has 0 bridgehead atoms. The molecule has 7 nitrogen and oxygen atoms in total. The van der Waals surface area contributed by atoms with Gasteiger partial charge in [0, 0.05) is 36.8 Å². The number of ether oxygens (including phenoxy) is 1. The van der Waals surface area contributed by atoms with E-state index in [1.54, 1.807) is 38.5 Å². The summed E-state index contributed by atoms with van der Waals surface area (Å²) >= 11 is 1.21. The fourth-order valence-electron chi connectivity index (χ4n) is 2.93. The molecule has 1 amide bonds. The van der Waals surface area contributed by atoms with Crippen LogP contribution in [-0.2, 0) is 13.7 Å². The van der Waals surface area contributed by atoms with Gasteiger partial charge in [-0.15, -0.1) is 11.3 Å². The Morgan fingerprint density at radius 3 is 2.93 bits per heavy atom. The van der Waals surface area contributed by atoms with Gasteiger partial charge in [0.2, 0.25) is 0 Å². The van der Waals surface area contributed by atoms with Gasteiger partial charge in [0.1, 0.15) is 17.2 Å². The van der Waals surface area contributed by atoms with Crippen molar-refractivity contribution in [2.24, 2.45) is 7.05 Å². The topological polar surface area (TPSA) is 86.1 Å². The van der Waals surface area contributed by atoms with E-state index in [1.165, 1.54) is 22.2 Å². The van der Waals surface area contributed by atoms with E-state index in [0.29, 0.717) is 38.7 Å². The van der Waals surface area contributed by atoms with Crippen LogP contribution in [0.15, 0.2) is 59.9 Å². The Morgan fingerprint density at radius 1 is 1.28 bits per heavy atom. The maximum Gasteiger partial charge on any atom is 0.266 e. The number of aromatic nitrogens is 3. The van der Waals surface area contributed by atoms with E-state index in [4.69, 9.17) is 4.74 Å². The number of nitrogens with one attached hydrogen (secondary N) is 1. The first-order valence-electron chi connectivity index (χ1n) is 8.91. The van der Waals surface area contributed by atoms with Crippen LogP contribution in [0.25, 0.3) is 10.2 Å². The van der Waals surface area contributed by atoms with Gasteiger partial charge in [0.15, 0.2) is 0 Å². The molecule has 3 aromatic heterocycles. The molecule has 8 heteroatoms. The van der Waals surface area contributed by atoms with Crippen molar-refractivity contribution < 1.29 is 9.53 Å². The minimum Gasteiger partial charge on any atom is -0.489 e. The number of hydrogen-bond acceptors (Lipinski definition) is 6. The predicted octanol–water partition coefficient (Wildman–Crippen LogP) is 3.53. The number of carbonyl (C=O) groups excluding carboxylic acids is 1. The first-order valence-corrected chi connectivity index (χ1v) is 9.72. The van der Waals surface area contributed by atoms with Crippen molar-refractivity contribution >= 4 is 33.1 Å². The van der Waals surface area contributed by atoms with Gasteiger partial charge in [-0.05, 0) is 30.7 Å².